The minimum Gasteiger partial charge on any atom is -0.367 e. The van der Waals surface area contributed by atoms with Gasteiger partial charge in [-0.1, -0.05) is 23.2 Å². The molecule has 70 valence electrons. The highest BCUT2D eigenvalue weighted by molar-refractivity contribution is 6.33. The van der Waals surface area contributed by atoms with Gasteiger partial charge in [-0.15, -0.1) is 10.2 Å². The van der Waals surface area contributed by atoms with Crippen molar-refractivity contribution in [3.8, 4) is 0 Å². The van der Waals surface area contributed by atoms with Crippen LogP contribution < -0.4 is 4.90 Å². The molecular formula is C7H8Cl2N4. The number of hydrogen-bond donors (Lipinski definition) is 1. The van der Waals surface area contributed by atoms with E-state index in [-0.39, 0.29) is 10.3 Å². The van der Waals surface area contributed by atoms with Crippen LogP contribution in [0.4, 0.5) is 5.69 Å². The van der Waals surface area contributed by atoms with Gasteiger partial charge in [-0.3, -0.25) is 0 Å². The topological polar surface area (TPSA) is 52.9 Å². The average molecular weight is 219 g/mol. The van der Waals surface area contributed by atoms with Crippen LogP contribution in [0, 0.1) is 5.41 Å². The van der Waals surface area contributed by atoms with Gasteiger partial charge in [0.1, 0.15) is 0 Å². The molecule has 0 atom stereocenters. The van der Waals surface area contributed by atoms with Crippen molar-refractivity contribution in [1.82, 2.24) is 10.2 Å². The Balaban J connectivity index is 2.97. The van der Waals surface area contributed by atoms with Crippen molar-refractivity contribution >= 4 is 35.1 Å². The van der Waals surface area contributed by atoms with E-state index in [1.54, 1.807) is 18.0 Å². The fourth-order valence-corrected chi connectivity index (χ4v) is 1.22. The van der Waals surface area contributed by atoms with E-state index in [4.69, 9.17) is 28.6 Å². The summed E-state index contributed by atoms with van der Waals surface area (Å²) in [6, 6.07) is 1.61. The number of anilines is 1. The van der Waals surface area contributed by atoms with Crippen LogP contribution >= 0.6 is 23.2 Å². The van der Waals surface area contributed by atoms with Crippen molar-refractivity contribution in [3.63, 3.8) is 0 Å². The Hall–Kier alpha value is -0.870. The normalized spacial score (nSPS) is 9.77. The van der Waals surface area contributed by atoms with Crippen molar-refractivity contribution in [3.05, 3.63) is 16.4 Å². The molecule has 0 bridgehead atoms. The van der Waals surface area contributed by atoms with Gasteiger partial charge < -0.3 is 10.3 Å². The molecule has 1 rings (SSSR count). The number of hydrogen-bond acceptors (Lipinski definition) is 4. The van der Waals surface area contributed by atoms with Crippen LogP contribution in [0.1, 0.15) is 0 Å². The van der Waals surface area contributed by atoms with Crippen LogP contribution in [0.25, 0.3) is 0 Å². The highest BCUT2D eigenvalue weighted by Crippen LogP contribution is 2.23. The summed E-state index contributed by atoms with van der Waals surface area (Å²) in [4.78, 5) is 1.76. The number of nitrogens with zero attached hydrogens (tertiary/aromatic N) is 3. The molecule has 0 amide bonds. The standard InChI is InChI=1S/C7H8Cl2N4/c1-13(3-2-10)5-4-6(8)11-12-7(5)9/h2,4,10H,3H2,1H3. The average Bonchev–Trinajstić information content (AvgIpc) is 2.09. The molecule has 0 aliphatic rings. The summed E-state index contributed by atoms with van der Waals surface area (Å²) >= 11 is 11.4. The molecule has 13 heavy (non-hydrogen) atoms. The van der Waals surface area contributed by atoms with Crippen LogP contribution in [0.5, 0.6) is 0 Å². The SMILES string of the molecule is CN(CC=N)c1cc(Cl)nnc1Cl. The molecule has 0 saturated carbocycles. The maximum atomic E-state index is 6.93. The third kappa shape index (κ3) is 2.54. The number of rotatable bonds is 3. The smallest absolute Gasteiger partial charge is 0.175 e. The Morgan fingerprint density at radius 3 is 2.85 bits per heavy atom. The van der Waals surface area contributed by atoms with E-state index in [0.29, 0.717) is 12.2 Å². The number of halogens is 2. The van der Waals surface area contributed by atoms with Gasteiger partial charge in [0.15, 0.2) is 10.3 Å². The van der Waals surface area contributed by atoms with Crippen LogP contribution in [0.15, 0.2) is 6.07 Å². The molecule has 0 radical (unpaired) electrons. The van der Waals surface area contributed by atoms with E-state index in [1.807, 2.05) is 0 Å². The Morgan fingerprint density at radius 1 is 1.54 bits per heavy atom. The van der Waals surface area contributed by atoms with Gasteiger partial charge in [0.05, 0.1) is 12.2 Å². The van der Waals surface area contributed by atoms with Gasteiger partial charge >= 0.3 is 0 Å². The number of aromatic nitrogens is 2. The zero-order valence-corrected chi connectivity index (χ0v) is 8.47. The zero-order valence-electron chi connectivity index (χ0n) is 6.96. The third-order valence-corrected chi connectivity index (χ3v) is 1.93. The fraction of sp³-hybridized carbons (Fsp3) is 0.286. The van der Waals surface area contributed by atoms with E-state index in [0.717, 1.165) is 0 Å². The molecule has 1 N–H and O–H groups in total. The van der Waals surface area contributed by atoms with E-state index >= 15 is 0 Å². The lowest BCUT2D eigenvalue weighted by atomic mass is 10.4. The monoisotopic (exact) mass is 218 g/mol. The summed E-state index contributed by atoms with van der Waals surface area (Å²) in [6.45, 7) is 0.460. The van der Waals surface area contributed by atoms with Crippen molar-refractivity contribution < 1.29 is 0 Å². The lowest BCUT2D eigenvalue weighted by Gasteiger charge is -2.16. The molecule has 6 heteroatoms. The van der Waals surface area contributed by atoms with Crippen LogP contribution in [0.2, 0.25) is 10.3 Å². The molecule has 0 unspecified atom stereocenters. The Bertz CT molecular complexity index is 315. The van der Waals surface area contributed by atoms with Gasteiger partial charge in [0, 0.05) is 19.3 Å². The summed E-state index contributed by atoms with van der Waals surface area (Å²) in [7, 11) is 1.80. The molecular weight excluding hydrogens is 211 g/mol. The van der Waals surface area contributed by atoms with E-state index in [2.05, 4.69) is 10.2 Å². The zero-order chi connectivity index (χ0) is 9.84. The third-order valence-electron chi connectivity index (χ3n) is 1.48. The second-order valence-electron chi connectivity index (χ2n) is 2.43. The molecule has 1 heterocycles. The van der Waals surface area contributed by atoms with E-state index < -0.39 is 0 Å². The largest absolute Gasteiger partial charge is 0.367 e. The van der Waals surface area contributed by atoms with E-state index in [1.165, 1.54) is 6.21 Å². The lowest BCUT2D eigenvalue weighted by molar-refractivity contribution is 0.987. The Labute approximate surface area is 86.0 Å². The van der Waals surface area contributed by atoms with Crippen LogP contribution in [0.3, 0.4) is 0 Å². The first-order chi connectivity index (χ1) is 6.15. The van der Waals surface area contributed by atoms with Crippen molar-refractivity contribution in [2.24, 2.45) is 0 Å². The minimum atomic E-state index is 0.286. The summed E-state index contributed by atoms with van der Waals surface area (Å²) in [5.74, 6) is 0. The van der Waals surface area contributed by atoms with Gasteiger partial charge in [-0.25, -0.2) is 0 Å². The first-order valence-electron chi connectivity index (χ1n) is 3.54. The molecule has 0 saturated heterocycles. The Morgan fingerprint density at radius 2 is 2.23 bits per heavy atom. The van der Waals surface area contributed by atoms with Gasteiger partial charge in [0.25, 0.3) is 0 Å². The molecule has 1 aromatic rings. The quantitative estimate of drug-likeness (QED) is 0.789. The summed E-state index contributed by atoms with van der Waals surface area (Å²) in [5, 5.41) is 14.7. The maximum Gasteiger partial charge on any atom is 0.175 e. The van der Waals surface area contributed by atoms with Crippen molar-refractivity contribution in [2.45, 2.75) is 0 Å². The highest BCUT2D eigenvalue weighted by Gasteiger charge is 2.07. The second-order valence-corrected chi connectivity index (χ2v) is 3.17. The van der Waals surface area contributed by atoms with Gasteiger partial charge in [0.2, 0.25) is 0 Å². The molecule has 0 aromatic carbocycles. The van der Waals surface area contributed by atoms with Gasteiger partial charge in [-0.05, 0) is 0 Å². The summed E-state index contributed by atoms with van der Waals surface area (Å²) in [6.07, 6.45) is 1.27. The molecule has 0 spiro atoms. The molecule has 1 aromatic heterocycles. The van der Waals surface area contributed by atoms with Crippen LogP contribution in [-0.2, 0) is 0 Å². The highest BCUT2D eigenvalue weighted by atomic mass is 35.5. The first kappa shape index (κ1) is 10.2. The lowest BCUT2D eigenvalue weighted by Crippen LogP contribution is -2.19. The van der Waals surface area contributed by atoms with Gasteiger partial charge in [-0.2, -0.15) is 0 Å². The van der Waals surface area contributed by atoms with E-state index in [9.17, 15) is 0 Å². The minimum absolute atomic E-state index is 0.286. The summed E-state index contributed by atoms with van der Waals surface area (Å²) < 4.78 is 0. The Kier molecular flexibility index (Phi) is 3.45. The van der Waals surface area contributed by atoms with Crippen LogP contribution in [-0.4, -0.2) is 30.0 Å². The first-order valence-corrected chi connectivity index (χ1v) is 4.29. The van der Waals surface area contributed by atoms with Crippen molar-refractivity contribution in [1.29, 1.82) is 5.41 Å². The predicted octanol–water partition coefficient (Wildman–Crippen LogP) is 1.87. The molecule has 0 aliphatic carbocycles. The fourth-order valence-electron chi connectivity index (χ4n) is 0.847. The molecule has 4 nitrogen and oxygen atoms in total. The second kappa shape index (κ2) is 4.39. The number of nitrogens with one attached hydrogen (secondary N) is 1. The molecule has 0 fully saturated rings. The summed E-state index contributed by atoms with van der Waals surface area (Å²) in [5.41, 5.74) is 0.671. The van der Waals surface area contributed by atoms with Crippen molar-refractivity contribution in [2.75, 3.05) is 18.5 Å². The predicted molar refractivity (Wildman–Crippen MR) is 54.1 cm³/mol. The molecule has 0 aliphatic heterocycles. The maximum absolute atomic E-state index is 6.93.